The van der Waals surface area contributed by atoms with E-state index in [1.54, 1.807) is 0 Å². The van der Waals surface area contributed by atoms with E-state index in [0.717, 1.165) is 23.2 Å². The van der Waals surface area contributed by atoms with Gasteiger partial charge >= 0.3 is 0 Å². The Morgan fingerprint density at radius 1 is 0.870 bits per heavy atom. The molecule has 0 bridgehead atoms. The second-order valence-corrected chi connectivity index (χ2v) is 5.82. The molecule has 7 nitrogen and oxygen atoms in total. The zero-order valence-corrected chi connectivity index (χ0v) is 12.9. The highest BCUT2D eigenvalue weighted by molar-refractivity contribution is 7.86. The summed E-state index contributed by atoms with van der Waals surface area (Å²) < 4.78 is 30.5. The Balaban J connectivity index is 0.000000313. The van der Waals surface area contributed by atoms with E-state index in [4.69, 9.17) is 16.2 Å². The van der Waals surface area contributed by atoms with Crippen molar-refractivity contribution >= 4 is 33.7 Å². The topological polar surface area (TPSA) is 135 Å². The molecule has 0 atom stereocenters. The zero-order chi connectivity index (χ0) is 17.6. The largest absolute Gasteiger partial charge is 0.545 e. The first-order valence-corrected chi connectivity index (χ1v) is 7.70. The quantitative estimate of drug-likeness (QED) is 0.764. The zero-order valence-electron chi connectivity index (χ0n) is 11.3. The predicted molar refractivity (Wildman–Crippen MR) is 76.4 cm³/mol. The second-order valence-electron chi connectivity index (χ2n) is 4.03. The van der Waals surface area contributed by atoms with E-state index in [-0.39, 0.29) is 0 Å². The molecular weight excluding hydrogens is 348 g/mol. The van der Waals surface area contributed by atoms with E-state index >= 15 is 0 Å². The lowest BCUT2D eigenvalue weighted by Crippen LogP contribution is -2.29. The Kier molecular flexibility index (Phi) is 6.26. The van der Waals surface area contributed by atoms with Gasteiger partial charge in [-0.1, -0.05) is 48.0 Å². The first-order valence-electron chi connectivity index (χ1n) is 5.88. The van der Waals surface area contributed by atoms with Crippen LogP contribution in [0.15, 0.2) is 53.4 Å². The molecule has 0 fully saturated rings. The van der Waals surface area contributed by atoms with Gasteiger partial charge in [0, 0.05) is 16.1 Å². The molecule has 122 valence electrons. The fourth-order valence-corrected chi connectivity index (χ4v) is 2.56. The molecule has 0 saturated carbocycles. The van der Waals surface area contributed by atoms with E-state index in [1.807, 2.05) is 30.3 Å². The lowest BCUT2D eigenvalue weighted by atomic mass is 10.1. The second kappa shape index (κ2) is 7.73. The van der Waals surface area contributed by atoms with Crippen molar-refractivity contribution in [3.63, 3.8) is 0 Å². The standard InChI is InChI=1S/C8H6O7S.C6H5Cl/c9-7(10)4-2-1-3-5(8(11)12)6(4)16(13,14)15;7-6-4-2-1-3-5-6/h1-3H,(H,9,10)(H,11,12)(H,13,14,15);1-5H/p-2. The fraction of sp³-hybridized carbons (Fsp3) is 0. The van der Waals surface area contributed by atoms with Crippen molar-refractivity contribution in [3.8, 4) is 0 Å². The maximum absolute atomic E-state index is 10.9. The third-order valence-corrected chi connectivity index (χ3v) is 3.65. The number of hydrogen-bond acceptors (Lipinski definition) is 6. The molecule has 0 amide bonds. The van der Waals surface area contributed by atoms with Crippen LogP contribution in [0.25, 0.3) is 0 Å². The number of aromatic carboxylic acids is 2. The van der Waals surface area contributed by atoms with Crippen LogP contribution in [0.2, 0.25) is 5.02 Å². The molecule has 9 heteroatoms. The summed E-state index contributed by atoms with van der Waals surface area (Å²) in [6, 6.07) is 12.0. The van der Waals surface area contributed by atoms with Crippen molar-refractivity contribution in [1.29, 1.82) is 0 Å². The Morgan fingerprint density at radius 3 is 1.57 bits per heavy atom. The molecule has 2 aromatic carbocycles. The molecular formula is C14H9ClO7S-2. The van der Waals surface area contributed by atoms with E-state index in [9.17, 15) is 28.2 Å². The van der Waals surface area contributed by atoms with Crippen molar-refractivity contribution in [3.05, 3.63) is 64.7 Å². The summed E-state index contributed by atoms with van der Waals surface area (Å²) in [7, 11) is -5.00. The van der Waals surface area contributed by atoms with E-state index < -0.39 is 38.1 Å². The van der Waals surface area contributed by atoms with Gasteiger partial charge in [0.15, 0.2) is 0 Å². The van der Waals surface area contributed by atoms with Gasteiger partial charge in [0.1, 0.15) is 4.90 Å². The number of carboxylic acid groups (broad SMARTS) is 2. The highest BCUT2D eigenvalue weighted by Crippen LogP contribution is 2.19. The van der Waals surface area contributed by atoms with Crippen LogP contribution in [0.1, 0.15) is 20.7 Å². The summed E-state index contributed by atoms with van der Waals surface area (Å²) in [5.74, 6) is -3.84. The first-order chi connectivity index (χ1) is 10.6. The highest BCUT2D eigenvalue weighted by Gasteiger charge is 2.21. The third kappa shape index (κ3) is 5.37. The number of carboxylic acids is 2. The molecule has 0 unspecified atom stereocenters. The molecule has 0 spiro atoms. The molecule has 0 heterocycles. The molecule has 2 rings (SSSR count). The number of rotatable bonds is 3. The third-order valence-electron chi connectivity index (χ3n) is 2.45. The van der Waals surface area contributed by atoms with Gasteiger partial charge in [-0.2, -0.15) is 8.42 Å². The van der Waals surface area contributed by atoms with Gasteiger partial charge in [0.2, 0.25) is 0 Å². The van der Waals surface area contributed by atoms with Crippen LogP contribution in [0.5, 0.6) is 0 Å². The molecule has 0 aliphatic rings. The molecule has 0 aliphatic heterocycles. The summed E-state index contributed by atoms with van der Waals surface area (Å²) in [5.41, 5.74) is -1.88. The number of benzene rings is 2. The Morgan fingerprint density at radius 2 is 1.30 bits per heavy atom. The van der Waals surface area contributed by atoms with Gasteiger partial charge in [-0.15, -0.1) is 0 Å². The predicted octanol–water partition coefficient (Wildman–Crippen LogP) is 0.000300. The first kappa shape index (κ1) is 18.6. The van der Waals surface area contributed by atoms with Crippen LogP contribution in [0.3, 0.4) is 0 Å². The summed E-state index contributed by atoms with van der Waals surface area (Å²) in [6.45, 7) is 0. The van der Waals surface area contributed by atoms with E-state index in [0.29, 0.717) is 0 Å². The smallest absolute Gasteiger partial charge is 0.295 e. The normalized spacial score (nSPS) is 10.3. The minimum absolute atomic E-state index is 0.794. The molecule has 0 aliphatic carbocycles. The van der Waals surface area contributed by atoms with Crippen LogP contribution in [-0.4, -0.2) is 24.9 Å². The lowest BCUT2D eigenvalue weighted by molar-refractivity contribution is -0.255. The molecule has 2 aromatic rings. The molecule has 0 radical (unpaired) electrons. The maximum atomic E-state index is 10.9. The SMILES string of the molecule is Clc1ccccc1.O=C([O-])c1cccc(C(=O)[O-])c1S(=O)(=O)O. The Hall–Kier alpha value is -2.42. The summed E-state index contributed by atoms with van der Waals surface area (Å²) in [4.78, 5) is 19.8. The van der Waals surface area contributed by atoms with Crippen LogP contribution >= 0.6 is 11.6 Å². The van der Waals surface area contributed by atoms with Crippen molar-refractivity contribution in [2.75, 3.05) is 0 Å². The number of carbonyl (C=O) groups excluding carboxylic acids is 2. The lowest BCUT2D eigenvalue weighted by Gasteiger charge is -2.13. The molecule has 0 aromatic heterocycles. The summed E-state index contributed by atoms with van der Waals surface area (Å²) in [6.07, 6.45) is 0. The van der Waals surface area contributed by atoms with Gasteiger partial charge in [-0.05, 0) is 12.1 Å². The van der Waals surface area contributed by atoms with Crippen LogP contribution in [0.4, 0.5) is 0 Å². The van der Waals surface area contributed by atoms with Gasteiger partial charge in [0.25, 0.3) is 10.1 Å². The summed E-state index contributed by atoms with van der Waals surface area (Å²) in [5, 5.41) is 21.9. The van der Waals surface area contributed by atoms with E-state index in [2.05, 4.69) is 0 Å². The average Bonchev–Trinajstić information content (AvgIpc) is 2.47. The van der Waals surface area contributed by atoms with Crippen molar-refractivity contribution in [1.82, 2.24) is 0 Å². The highest BCUT2D eigenvalue weighted by atomic mass is 35.5. The molecule has 23 heavy (non-hydrogen) atoms. The number of carbonyl (C=O) groups is 2. The maximum Gasteiger partial charge on any atom is 0.295 e. The molecule has 0 saturated heterocycles. The fourth-order valence-electron chi connectivity index (χ4n) is 1.55. The van der Waals surface area contributed by atoms with Gasteiger partial charge < -0.3 is 19.8 Å². The number of halogens is 1. The van der Waals surface area contributed by atoms with Crippen LogP contribution in [0, 0.1) is 0 Å². The summed E-state index contributed by atoms with van der Waals surface area (Å²) >= 11 is 5.54. The minimum Gasteiger partial charge on any atom is -0.545 e. The van der Waals surface area contributed by atoms with Crippen molar-refractivity contribution in [2.45, 2.75) is 4.90 Å². The van der Waals surface area contributed by atoms with E-state index in [1.165, 1.54) is 0 Å². The van der Waals surface area contributed by atoms with Crippen molar-refractivity contribution in [2.24, 2.45) is 0 Å². The van der Waals surface area contributed by atoms with Gasteiger partial charge in [0.05, 0.1) is 11.9 Å². The van der Waals surface area contributed by atoms with Gasteiger partial charge in [-0.25, -0.2) is 0 Å². The van der Waals surface area contributed by atoms with Crippen LogP contribution < -0.4 is 10.2 Å². The average molecular weight is 357 g/mol. The van der Waals surface area contributed by atoms with Crippen LogP contribution in [-0.2, 0) is 10.1 Å². The van der Waals surface area contributed by atoms with Crippen molar-refractivity contribution < 1.29 is 32.8 Å². The minimum atomic E-state index is -5.00. The monoisotopic (exact) mass is 356 g/mol. The Labute approximate surface area is 136 Å². The van der Waals surface area contributed by atoms with Gasteiger partial charge in [-0.3, -0.25) is 4.55 Å². The Bertz CT molecular complexity index is 784. The number of hydrogen-bond donors (Lipinski definition) is 1. The molecule has 1 N–H and O–H groups in total.